The molecule has 3 aromatic rings. The van der Waals surface area contributed by atoms with E-state index in [1.807, 2.05) is 30.5 Å². The maximum absolute atomic E-state index is 11.8. The van der Waals surface area contributed by atoms with E-state index in [2.05, 4.69) is 22.4 Å². The lowest BCUT2D eigenvalue weighted by atomic mass is 10.1. The lowest BCUT2D eigenvalue weighted by molar-refractivity contribution is -0.116. The standard InChI is InChI=1S/C21H24N4O2S/c1-3-25(16(2)26)21-23-19(15-28-21)13-22-12-17-7-9-18(10-8-17)14-24-11-5-4-6-20(24)27/h4-11,15,22H,3,12-14H2,1-2H3. The van der Waals surface area contributed by atoms with Crippen LogP contribution in [-0.2, 0) is 24.4 Å². The smallest absolute Gasteiger partial charge is 0.250 e. The first kappa shape index (κ1) is 20.0. The van der Waals surface area contributed by atoms with Gasteiger partial charge in [0, 0.05) is 44.2 Å². The van der Waals surface area contributed by atoms with Crippen LogP contribution in [0.5, 0.6) is 0 Å². The first-order valence-electron chi connectivity index (χ1n) is 9.23. The zero-order chi connectivity index (χ0) is 19.9. The predicted octanol–water partition coefficient (Wildman–Crippen LogP) is 3.02. The third kappa shape index (κ3) is 5.15. The quantitative estimate of drug-likeness (QED) is 0.636. The molecule has 0 aliphatic rings. The molecule has 1 amide bonds. The van der Waals surface area contributed by atoms with E-state index in [-0.39, 0.29) is 11.5 Å². The molecule has 1 aromatic carbocycles. The molecule has 146 valence electrons. The number of aromatic nitrogens is 2. The number of rotatable bonds is 8. The number of hydrogen-bond acceptors (Lipinski definition) is 5. The van der Waals surface area contributed by atoms with Crippen LogP contribution in [0.4, 0.5) is 5.13 Å². The number of pyridine rings is 1. The van der Waals surface area contributed by atoms with Crippen LogP contribution in [0.2, 0.25) is 0 Å². The zero-order valence-corrected chi connectivity index (χ0v) is 16.9. The van der Waals surface area contributed by atoms with Gasteiger partial charge in [-0.05, 0) is 24.1 Å². The van der Waals surface area contributed by atoms with Gasteiger partial charge >= 0.3 is 0 Å². The van der Waals surface area contributed by atoms with Crippen molar-refractivity contribution in [2.24, 2.45) is 0 Å². The topological polar surface area (TPSA) is 67.2 Å². The van der Waals surface area contributed by atoms with Crippen molar-refractivity contribution in [3.63, 3.8) is 0 Å². The molecule has 0 saturated heterocycles. The SMILES string of the molecule is CCN(C(C)=O)c1nc(CNCc2ccc(Cn3ccccc3=O)cc2)cs1. The summed E-state index contributed by atoms with van der Waals surface area (Å²) < 4.78 is 1.69. The van der Waals surface area contributed by atoms with Gasteiger partial charge in [-0.25, -0.2) is 4.98 Å². The van der Waals surface area contributed by atoms with Crippen molar-refractivity contribution in [2.75, 3.05) is 11.4 Å². The third-order valence-electron chi connectivity index (χ3n) is 4.38. The second-order valence-electron chi connectivity index (χ2n) is 6.47. The number of amides is 1. The molecule has 0 atom stereocenters. The summed E-state index contributed by atoms with van der Waals surface area (Å²) in [7, 11) is 0. The number of nitrogens with zero attached hydrogens (tertiary/aromatic N) is 3. The summed E-state index contributed by atoms with van der Waals surface area (Å²) in [6.07, 6.45) is 1.80. The average molecular weight is 397 g/mol. The summed E-state index contributed by atoms with van der Waals surface area (Å²) in [5, 5.41) is 6.10. The van der Waals surface area contributed by atoms with E-state index in [9.17, 15) is 9.59 Å². The van der Waals surface area contributed by atoms with Crippen molar-refractivity contribution in [1.82, 2.24) is 14.9 Å². The summed E-state index contributed by atoms with van der Waals surface area (Å²) in [4.78, 5) is 29.6. The molecule has 0 spiro atoms. The molecule has 6 nitrogen and oxygen atoms in total. The highest BCUT2D eigenvalue weighted by atomic mass is 32.1. The molecule has 0 bridgehead atoms. The minimum Gasteiger partial charge on any atom is -0.311 e. The lowest BCUT2D eigenvalue weighted by Gasteiger charge is -2.14. The fourth-order valence-corrected chi connectivity index (χ4v) is 3.81. The molecular formula is C21H24N4O2S. The van der Waals surface area contributed by atoms with E-state index < -0.39 is 0 Å². The monoisotopic (exact) mass is 396 g/mol. The minimum absolute atomic E-state index is 0.00212. The van der Waals surface area contributed by atoms with Crippen LogP contribution in [-0.4, -0.2) is 22.0 Å². The Kier molecular flexibility index (Phi) is 6.73. The summed E-state index contributed by atoms with van der Waals surface area (Å²) in [5.74, 6) is 0.00853. The van der Waals surface area contributed by atoms with Gasteiger partial charge in [-0.2, -0.15) is 0 Å². The Morgan fingerprint density at radius 2 is 1.89 bits per heavy atom. The van der Waals surface area contributed by atoms with Crippen LogP contribution in [0.15, 0.2) is 58.8 Å². The predicted molar refractivity (Wildman–Crippen MR) is 113 cm³/mol. The first-order chi connectivity index (χ1) is 13.6. The van der Waals surface area contributed by atoms with Crippen molar-refractivity contribution in [3.8, 4) is 0 Å². The summed E-state index contributed by atoms with van der Waals surface area (Å²) in [5.41, 5.74) is 3.19. The van der Waals surface area contributed by atoms with Gasteiger partial charge in [0.25, 0.3) is 5.56 Å². The van der Waals surface area contributed by atoms with E-state index in [4.69, 9.17) is 0 Å². The maximum Gasteiger partial charge on any atom is 0.250 e. The number of benzene rings is 1. The Bertz CT molecular complexity index is 978. The summed E-state index contributed by atoms with van der Waals surface area (Å²) in [6, 6.07) is 13.4. The zero-order valence-electron chi connectivity index (χ0n) is 16.1. The van der Waals surface area contributed by atoms with Crippen molar-refractivity contribution < 1.29 is 4.79 Å². The highest BCUT2D eigenvalue weighted by Crippen LogP contribution is 2.20. The van der Waals surface area contributed by atoms with Crippen molar-refractivity contribution in [1.29, 1.82) is 0 Å². The highest BCUT2D eigenvalue weighted by molar-refractivity contribution is 7.14. The fourth-order valence-electron chi connectivity index (χ4n) is 2.88. The van der Waals surface area contributed by atoms with Gasteiger partial charge in [-0.15, -0.1) is 11.3 Å². The Hall–Kier alpha value is -2.77. The fraction of sp³-hybridized carbons (Fsp3) is 0.286. The van der Waals surface area contributed by atoms with Gasteiger partial charge < -0.3 is 9.88 Å². The molecule has 0 aliphatic carbocycles. The number of hydrogen-bond donors (Lipinski definition) is 1. The molecule has 0 aliphatic heterocycles. The number of carbonyl (C=O) groups is 1. The average Bonchev–Trinajstić information content (AvgIpc) is 3.14. The number of thiazole rings is 1. The second kappa shape index (κ2) is 9.43. The van der Waals surface area contributed by atoms with E-state index in [1.54, 1.807) is 34.7 Å². The molecule has 0 unspecified atom stereocenters. The second-order valence-corrected chi connectivity index (χ2v) is 7.31. The van der Waals surface area contributed by atoms with Crippen molar-refractivity contribution in [2.45, 2.75) is 33.5 Å². The van der Waals surface area contributed by atoms with Crippen LogP contribution in [0.3, 0.4) is 0 Å². The molecule has 0 radical (unpaired) electrons. The largest absolute Gasteiger partial charge is 0.311 e. The van der Waals surface area contributed by atoms with Gasteiger partial charge in [0.2, 0.25) is 5.91 Å². The van der Waals surface area contributed by atoms with Gasteiger partial charge in [0.15, 0.2) is 5.13 Å². The van der Waals surface area contributed by atoms with Crippen LogP contribution < -0.4 is 15.8 Å². The molecule has 0 saturated carbocycles. The first-order valence-corrected chi connectivity index (χ1v) is 10.1. The Morgan fingerprint density at radius 1 is 1.14 bits per heavy atom. The lowest BCUT2D eigenvalue weighted by Crippen LogP contribution is -2.27. The van der Waals surface area contributed by atoms with E-state index in [1.165, 1.54) is 16.9 Å². The van der Waals surface area contributed by atoms with E-state index in [0.29, 0.717) is 19.6 Å². The third-order valence-corrected chi connectivity index (χ3v) is 5.29. The van der Waals surface area contributed by atoms with Gasteiger partial charge in [-0.3, -0.25) is 14.5 Å². The van der Waals surface area contributed by atoms with E-state index in [0.717, 1.165) is 22.9 Å². The minimum atomic E-state index is 0.00212. The van der Waals surface area contributed by atoms with E-state index >= 15 is 0 Å². The maximum atomic E-state index is 11.8. The Balaban J connectivity index is 1.52. The number of anilines is 1. The van der Waals surface area contributed by atoms with Crippen LogP contribution >= 0.6 is 11.3 Å². The highest BCUT2D eigenvalue weighted by Gasteiger charge is 2.13. The number of carbonyl (C=O) groups excluding carboxylic acids is 1. The molecule has 7 heteroatoms. The Labute approximate surface area is 168 Å². The molecular weight excluding hydrogens is 372 g/mol. The van der Waals surface area contributed by atoms with Gasteiger partial charge in [0.05, 0.1) is 12.2 Å². The normalized spacial score (nSPS) is 10.8. The molecule has 3 rings (SSSR count). The molecule has 2 heterocycles. The number of nitrogens with one attached hydrogen (secondary N) is 1. The van der Waals surface area contributed by atoms with Gasteiger partial charge in [-0.1, -0.05) is 30.3 Å². The van der Waals surface area contributed by atoms with Crippen LogP contribution in [0, 0.1) is 0 Å². The van der Waals surface area contributed by atoms with Crippen LogP contribution in [0.1, 0.15) is 30.7 Å². The van der Waals surface area contributed by atoms with Crippen molar-refractivity contribution in [3.05, 3.63) is 81.2 Å². The Morgan fingerprint density at radius 3 is 2.57 bits per heavy atom. The van der Waals surface area contributed by atoms with Crippen LogP contribution in [0.25, 0.3) is 0 Å². The summed E-state index contributed by atoms with van der Waals surface area (Å²) in [6.45, 7) is 6.06. The molecule has 1 N–H and O–H groups in total. The molecule has 0 fully saturated rings. The van der Waals surface area contributed by atoms with Gasteiger partial charge in [0.1, 0.15) is 0 Å². The summed E-state index contributed by atoms with van der Waals surface area (Å²) >= 11 is 1.49. The van der Waals surface area contributed by atoms with Crippen molar-refractivity contribution >= 4 is 22.4 Å². The molecule has 28 heavy (non-hydrogen) atoms. The molecule has 2 aromatic heterocycles.